The van der Waals surface area contributed by atoms with Crippen molar-refractivity contribution in [2.75, 3.05) is 13.2 Å². The van der Waals surface area contributed by atoms with Gasteiger partial charge in [0.05, 0.1) is 25.4 Å². The van der Waals surface area contributed by atoms with Crippen molar-refractivity contribution in [2.45, 2.75) is 366 Å². The van der Waals surface area contributed by atoms with Gasteiger partial charge in [-0.25, -0.2) is 0 Å². The second kappa shape index (κ2) is 59.2. The first-order chi connectivity index (χ1) is 34.0. The summed E-state index contributed by atoms with van der Waals surface area (Å²) < 4.78 is 5.48. The Balaban J connectivity index is 3.30. The maximum atomic E-state index is 12.4. The molecular weight excluding hydrogens is 851 g/mol. The van der Waals surface area contributed by atoms with Gasteiger partial charge >= 0.3 is 5.97 Å². The van der Waals surface area contributed by atoms with E-state index >= 15 is 0 Å². The van der Waals surface area contributed by atoms with Gasteiger partial charge in [-0.05, 0) is 51.4 Å². The van der Waals surface area contributed by atoms with Gasteiger partial charge in [0.2, 0.25) is 5.91 Å². The molecule has 0 fully saturated rings. The molecule has 2 unspecified atom stereocenters. The smallest absolute Gasteiger partial charge is 0.305 e. The number of hydrogen-bond donors (Lipinski definition) is 3. The predicted octanol–water partition coefficient (Wildman–Crippen LogP) is 19.6. The summed E-state index contributed by atoms with van der Waals surface area (Å²) in [5.74, 6) is -0.0209. The number of allylic oxidation sites excluding steroid dienone is 2. The summed E-state index contributed by atoms with van der Waals surface area (Å²) in [6.45, 7) is 4.94. The van der Waals surface area contributed by atoms with Gasteiger partial charge in [-0.2, -0.15) is 0 Å². The van der Waals surface area contributed by atoms with E-state index in [1.54, 1.807) is 0 Å². The monoisotopic (exact) mass is 974 g/mol. The molecule has 0 saturated carbocycles. The highest BCUT2D eigenvalue weighted by Gasteiger charge is 2.20. The van der Waals surface area contributed by atoms with Gasteiger partial charge < -0.3 is 20.3 Å². The summed E-state index contributed by atoms with van der Waals surface area (Å²) in [5.41, 5.74) is 0. The lowest BCUT2D eigenvalue weighted by atomic mass is 10.0. The maximum Gasteiger partial charge on any atom is 0.305 e. The number of ether oxygens (including phenoxy) is 1. The van der Waals surface area contributed by atoms with Crippen LogP contribution < -0.4 is 5.32 Å². The Morgan fingerprint density at radius 1 is 0.391 bits per heavy atom. The number of amides is 1. The van der Waals surface area contributed by atoms with Gasteiger partial charge in [0.25, 0.3) is 0 Å². The van der Waals surface area contributed by atoms with Gasteiger partial charge in [-0.3, -0.25) is 9.59 Å². The molecule has 0 aliphatic heterocycles. The van der Waals surface area contributed by atoms with Gasteiger partial charge in [0, 0.05) is 12.8 Å². The largest absolute Gasteiger partial charge is 0.466 e. The lowest BCUT2D eigenvalue weighted by molar-refractivity contribution is -0.143. The standard InChI is InChI=1S/C63H123NO5/c1-3-5-7-9-11-13-15-33-37-41-45-49-53-57-63(68)69-58-54-50-46-42-38-35-32-30-28-26-24-22-20-18-16-17-19-21-23-25-27-29-31-34-36-40-44-48-52-56-62(67)64-60(59-65)61(66)55-51-47-43-39-14-12-10-8-6-4-2/h13,15,60-61,65-66H,3-12,14,16-59H2,1-2H3,(H,64,67)/b15-13-. The molecule has 0 rings (SSSR count). The first-order valence-electron chi connectivity index (χ1n) is 31.4. The van der Waals surface area contributed by atoms with E-state index in [-0.39, 0.29) is 18.5 Å². The molecule has 3 N–H and O–H groups in total. The third-order valence-electron chi connectivity index (χ3n) is 14.8. The third kappa shape index (κ3) is 55.8. The van der Waals surface area contributed by atoms with Crippen LogP contribution in [0.2, 0.25) is 0 Å². The maximum absolute atomic E-state index is 12.4. The number of aliphatic hydroxyl groups excluding tert-OH is 2. The van der Waals surface area contributed by atoms with Crippen LogP contribution in [0.1, 0.15) is 354 Å². The van der Waals surface area contributed by atoms with Crippen LogP contribution >= 0.6 is 0 Å². The number of unbranched alkanes of at least 4 members (excludes halogenated alkanes) is 46. The molecule has 6 heteroatoms. The zero-order valence-electron chi connectivity index (χ0n) is 46.8. The molecule has 69 heavy (non-hydrogen) atoms. The van der Waals surface area contributed by atoms with Crippen molar-refractivity contribution in [1.29, 1.82) is 0 Å². The number of aliphatic hydroxyl groups is 2. The van der Waals surface area contributed by atoms with Crippen LogP contribution in [0.3, 0.4) is 0 Å². The normalized spacial score (nSPS) is 12.6. The van der Waals surface area contributed by atoms with E-state index < -0.39 is 12.1 Å². The zero-order chi connectivity index (χ0) is 50.0. The highest BCUT2D eigenvalue weighted by atomic mass is 16.5. The fraction of sp³-hybridized carbons (Fsp3) is 0.937. The van der Waals surface area contributed by atoms with Crippen LogP contribution in [0.5, 0.6) is 0 Å². The summed E-state index contributed by atoms with van der Waals surface area (Å²) in [6, 6.07) is -0.536. The highest BCUT2D eigenvalue weighted by Crippen LogP contribution is 2.18. The Labute approximate surface area is 431 Å². The SMILES string of the molecule is CCCCCC/C=C\CCCCCCCC(=O)OCCCCCCCCCCCCCCCCCCCCCCCCCCCCCCCC(=O)NC(CO)C(O)CCCCCCCCCCCC. The summed E-state index contributed by atoms with van der Waals surface area (Å²) >= 11 is 0. The van der Waals surface area contributed by atoms with Crippen molar-refractivity contribution in [2.24, 2.45) is 0 Å². The van der Waals surface area contributed by atoms with Crippen molar-refractivity contribution in [1.82, 2.24) is 5.32 Å². The van der Waals surface area contributed by atoms with Crippen LogP contribution in [0, 0.1) is 0 Å². The van der Waals surface area contributed by atoms with E-state index in [0.29, 0.717) is 25.9 Å². The minimum atomic E-state index is -0.659. The quantitative estimate of drug-likeness (QED) is 0.0321. The Hall–Kier alpha value is -1.40. The second-order valence-corrected chi connectivity index (χ2v) is 21.7. The average Bonchev–Trinajstić information content (AvgIpc) is 3.35. The molecule has 2 atom stereocenters. The molecule has 0 aromatic heterocycles. The second-order valence-electron chi connectivity index (χ2n) is 21.7. The number of carbonyl (C=O) groups excluding carboxylic acids is 2. The van der Waals surface area contributed by atoms with E-state index in [1.807, 2.05) is 0 Å². The van der Waals surface area contributed by atoms with E-state index in [0.717, 1.165) is 44.9 Å². The summed E-state index contributed by atoms with van der Waals surface area (Å²) in [7, 11) is 0. The number of carbonyl (C=O) groups is 2. The van der Waals surface area contributed by atoms with E-state index in [4.69, 9.17) is 4.74 Å². The summed E-state index contributed by atoms with van der Waals surface area (Å²) in [6.07, 6.45) is 71.0. The van der Waals surface area contributed by atoms with E-state index in [1.165, 1.54) is 276 Å². The fourth-order valence-corrected chi connectivity index (χ4v) is 9.99. The Morgan fingerprint density at radius 3 is 1.04 bits per heavy atom. The molecule has 0 aromatic rings. The topological polar surface area (TPSA) is 95.9 Å². The van der Waals surface area contributed by atoms with Crippen molar-refractivity contribution < 1.29 is 24.5 Å². The van der Waals surface area contributed by atoms with Crippen LogP contribution in [-0.4, -0.2) is 47.4 Å². The number of nitrogens with one attached hydrogen (secondary N) is 1. The lowest BCUT2D eigenvalue weighted by Crippen LogP contribution is -2.45. The minimum Gasteiger partial charge on any atom is -0.466 e. The van der Waals surface area contributed by atoms with Gasteiger partial charge in [0.1, 0.15) is 0 Å². The van der Waals surface area contributed by atoms with Gasteiger partial charge in [0.15, 0.2) is 0 Å². The number of esters is 1. The molecule has 410 valence electrons. The molecule has 0 aliphatic carbocycles. The molecule has 0 saturated heterocycles. The molecule has 0 aliphatic rings. The Bertz CT molecular complexity index is 1030. The van der Waals surface area contributed by atoms with Crippen LogP contribution in [0.25, 0.3) is 0 Å². The van der Waals surface area contributed by atoms with Crippen molar-refractivity contribution in [3.63, 3.8) is 0 Å². The molecule has 0 bridgehead atoms. The summed E-state index contributed by atoms with van der Waals surface area (Å²) in [5, 5.41) is 23.2. The van der Waals surface area contributed by atoms with E-state index in [9.17, 15) is 19.8 Å². The predicted molar refractivity (Wildman–Crippen MR) is 301 cm³/mol. The molecule has 0 radical (unpaired) electrons. The lowest BCUT2D eigenvalue weighted by Gasteiger charge is -2.22. The molecule has 1 amide bonds. The summed E-state index contributed by atoms with van der Waals surface area (Å²) in [4.78, 5) is 24.5. The molecule has 0 spiro atoms. The first kappa shape index (κ1) is 67.6. The molecule has 0 heterocycles. The van der Waals surface area contributed by atoms with E-state index in [2.05, 4.69) is 31.3 Å². The third-order valence-corrected chi connectivity index (χ3v) is 14.8. The van der Waals surface area contributed by atoms with Crippen molar-refractivity contribution in [3.05, 3.63) is 12.2 Å². The first-order valence-corrected chi connectivity index (χ1v) is 31.4. The van der Waals surface area contributed by atoms with Gasteiger partial charge in [-0.15, -0.1) is 0 Å². The zero-order valence-corrected chi connectivity index (χ0v) is 46.8. The van der Waals surface area contributed by atoms with Crippen molar-refractivity contribution >= 4 is 11.9 Å². The number of hydrogen-bond acceptors (Lipinski definition) is 5. The van der Waals surface area contributed by atoms with Crippen LogP contribution in [0.15, 0.2) is 12.2 Å². The Morgan fingerprint density at radius 2 is 0.681 bits per heavy atom. The minimum absolute atomic E-state index is 0.0106. The van der Waals surface area contributed by atoms with Crippen LogP contribution in [-0.2, 0) is 14.3 Å². The Kier molecular flexibility index (Phi) is 58.0. The average molecular weight is 975 g/mol. The van der Waals surface area contributed by atoms with Gasteiger partial charge in [-0.1, -0.05) is 302 Å². The fourth-order valence-electron chi connectivity index (χ4n) is 9.99. The van der Waals surface area contributed by atoms with Crippen molar-refractivity contribution in [3.8, 4) is 0 Å². The molecular formula is C63H123NO5. The molecule has 0 aromatic carbocycles. The highest BCUT2D eigenvalue weighted by molar-refractivity contribution is 5.76. The number of rotatable bonds is 59. The molecule has 6 nitrogen and oxygen atoms in total. The van der Waals surface area contributed by atoms with Crippen LogP contribution in [0.4, 0.5) is 0 Å².